The Labute approximate surface area is 205 Å². The van der Waals surface area contributed by atoms with Crippen molar-refractivity contribution in [2.45, 2.75) is 13.3 Å². The van der Waals surface area contributed by atoms with E-state index in [2.05, 4.69) is 39.6 Å². The Kier molecular flexibility index (Phi) is 11.0. The average molecular weight is 496 g/mol. The molecule has 0 spiro atoms. The monoisotopic (exact) mass is 494 g/mol. The molecule has 0 aliphatic heterocycles. The number of alkyl halides is 2. The van der Waals surface area contributed by atoms with Gasteiger partial charge in [0.2, 0.25) is 5.91 Å². The van der Waals surface area contributed by atoms with Gasteiger partial charge in [-0.1, -0.05) is 36.4 Å². The van der Waals surface area contributed by atoms with Gasteiger partial charge in [-0.3, -0.25) is 4.79 Å². The number of amides is 1. The van der Waals surface area contributed by atoms with Gasteiger partial charge in [-0.2, -0.15) is 0 Å². The van der Waals surface area contributed by atoms with E-state index in [0.29, 0.717) is 24.7 Å². The zero-order chi connectivity index (χ0) is 22.1. The molecule has 0 fully saturated rings. The fourth-order valence-electron chi connectivity index (χ4n) is 3.53. The van der Waals surface area contributed by atoms with Gasteiger partial charge in [-0.05, 0) is 30.0 Å². The molecule has 8 heteroatoms. The quantitative estimate of drug-likeness (QED) is 0.327. The number of rotatable bonds is 11. The minimum absolute atomic E-state index is 0. The summed E-state index contributed by atoms with van der Waals surface area (Å²) < 4.78 is 0. The van der Waals surface area contributed by atoms with Crippen molar-refractivity contribution in [3.8, 4) is 11.1 Å². The molecule has 1 heterocycles. The van der Waals surface area contributed by atoms with Crippen LogP contribution in [0.5, 0.6) is 0 Å². The van der Waals surface area contributed by atoms with E-state index in [-0.39, 0.29) is 18.3 Å². The van der Waals surface area contributed by atoms with E-state index in [0.717, 1.165) is 53.0 Å². The van der Waals surface area contributed by atoms with Crippen molar-refractivity contribution >= 4 is 63.8 Å². The Hall–Kier alpha value is -2.05. The molecule has 1 aromatic heterocycles. The molecule has 0 aliphatic rings. The Morgan fingerprint density at radius 1 is 1.00 bits per heavy atom. The van der Waals surface area contributed by atoms with Gasteiger partial charge >= 0.3 is 0 Å². The van der Waals surface area contributed by atoms with Gasteiger partial charge in [0.25, 0.3) is 0 Å². The highest BCUT2D eigenvalue weighted by molar-refractivity contribution is 6.18. The summed E-state index contributed by atoms with van der Waals surface area (Å²) in [6, 6.07) is 16.1. The van der Waals surface area contributed by atoms with Gasteiger partial charge in [-0.15, -0.1) is 35.6 Å². The van der Waals surface area contributed by atoms with Gasteiger partial charge < -0.3 is 15.5 Å². The first kappa shape index (κ1) is 26.2. The molecule has 0 saturated heterocycles. The Bertz CT molecular complexity index is 992. The van der Waals surface area contributed by atoms with Crippen LogP contribution in [0.1, 0.15) is 13.3 Å². The molecule has 2 N–H and O–H groups in total. The lowest BCUT2D eigenvalue weighted by Crippen LogP contribution is -2.31. The maximum atomic E-state index is 12.4. The molecule has 0 atom stereocenters. The van der Waals surface area contributed by atoms with Crippen LogP contribution in [0.2, 0.25) is 0 Å². The van der Waals surface area contributed by atoms with Crippen LogP contribution in [-0.4, -0.2) is 53.7 Å². The van der Waals surface area contributed by atoms with Crippen LogP contribution >= 0.6 is 35.6 Å². The van der Waals surface area contributed by atoms with Gasteiger partial charge in [-0.25, -0.2) is 4.98 Å². The Morgan fingerprint density at radius 3 is 2.34 bits per heavy atom. The average Bonchev–Trinajstić information content (AvgIpc) is 2.78. The van der Waals surface area contributed by atoms with Crippen LogP contribution in [-0.2, 0) is 4.79 Å². The third-order valence-electron chi connectivity index (χ3n) is 5.06. The standard InChI is InChI=1S/C24H28Cl2N4O.ClH/c1-2-27-24-23(21-6-4-3-5-19(21)17-28-24)18-7-9-20(10-8-18)29-22(31)11-14-30(15-12-25)16-13-26;/h3-10,17H,2,11-16H2,1H3,(H,27,28)(H,29,31);1H. The lowest BCUT2D eigenvalue weighted by Gasteiger charge is -2.19. The second kappa shape index (κ2) is 13.5. The van der Waals surface area contributed by atoms with E-state index >= 15 is 0 Å². The molecule has 3 aromatic rings. The van der Waals surface area contributed by atoms with Crippen LogP contribution in [0.4, 0.5) is 11.5 Å². The van der Waals surface area contributed by atoms with Crippen molar-refractivity contribution in [3.05, 3.63) is 54.7 Å². The Balaban J connectivity index is 0.00000363. The third-order valence-corrected chi connectivity index (χ3v) is 5.40. The van der Waals surface area contributed by atoms with Gasteiger partial charge in [0, 0.05) is 67.2 Å². The number of pyridine rings is 1. The fraction of sp³-hybridized carbons (Fsp3) is 0.333. The highest BCUT2D eigenvalue weighted by atomic mass is 35.5. The normalized spacial score (nSPS) is 10.8. The summed E-state index contributed by atoms with van der Waals surface area (Å²) in [6.07, 6.45) is 2.29. The van der Waals surface area contributed by atoms with Crippen molar-refractivity contribution in [2.75, 3.05) is 48.6 Å². The van der Waals surface area contributed by atoms with Crippen molar-refractivity contribution in [1.82, 2.24) is 9.88 Å². The van der Waals surface area contributed by atoms with Crippen molar-refractivity contribution in [2.24, 2.45) is 0 Å². The summed E-state index contributed by atoms with van der Waals surface area (Å²) >= 11 is 11.6. The topological polar surface area (TPSA) is 57.3 Å². The minimum Gasteiger partial charge on any atom is -0.370 e. The molecule has 5 nitrogen and oxygen atoms in total. The number of nitrogens with zero attached hydrogens (tertiary/aromatic N) is 2. The third kappa shape index (κ3) is 6.97. The van der Waals surface area contributed by atoms with Gasteiger partial charge in [0.1, 0.15) is 5.82 Å². The predicted molar refractivity (Wildman–Crippen MR) is 140 cm³/mol. The maximum absolute atomic E-state index is 12.4. The molecule has 0 saturated carbocycles. The number of fused-ring (bicyclic) bond motifs is 1. The second-order valence-electron chi connectivity index (χ2n) is 7.19. The number of hydrogen-bond donors (Lipinski definition) is 2. The zero-order valence-electron chi connectivity index (χ0n) is 18.1. The highest BCUT2D eigenvalue weighted by Gasteiger charge is 2.12. The van der Waals surface area contributed by atoms with Crippen molar-refractivity contribution in [3.63, 3.8) is 0 Å². The van der Waals surface area contributed by atoms with Crippen LogP contribution in [0.15, 0.2) is 54.7 Å². The lowest BCUT2D eigenvalue weighted by atomic mass is 9.99. The van der Waals surface area contributed by atoms with Crippen LogP contribution in [0, 0.1) is 0 Å². The first-order valence-corrected chi connectivity index (χ1v) is 11.6. The van der Waals surface area contributed by atoms with Crippen molar-refractivity contribution < 1.29 is 4.79 Å². The number of carbonyl (C=O) groups is 1. The maximum Gasteiger partial charge on any atom is 0.225 e. The SMILES string of the molecule is CCNc1ncc2ccccc2c1-c1ccc(NC(=O)CCN(CCCl)CCCl)cc1.Cl. The summed E-state index contributed by atoms with van der Waals surface area (Å²) in [5, 5.41) is 8.57. The molecule has 1 amide bonds. The van der Waals surface area contributed by atoms with Crippen LogP contribution < -0.4 is 10.6 Å². The predicted octanol–water partition coefficient (Wildman–Crippen LogP) is 5.86. The molecule has 3 rings (SSSR count). The zero-order valence-corrected chi connectivity index (χ0v) is 20.4. The summed E-state index contributed by atoms with van der Waals surface area (Å²) in [5.41, 5.74) is 2.89. The summed E-state index contributed by atoms with van der Waals surface area (Å²) in [7, 11) is 0. The summed E-state index contributed by atoms with van der Waals surface area (Å²) in [6.45, 7) is 4.93. The second-order valence-corrected chi connectivity index (χ2v) is 7.95. The molecule has 0 bridgehead atoms. The fourth-order valence-corrected chi connectivity index (χ4v) is 4.01. The van der Waals surface area contributed by atoms with Gasteiger partial charge in [0.05, 0.1) is 0 Å². The Morgan fingerprint density at radius 2 is 1.69 bits per heavy atom. The van der Waals surface area contributed by atoms with E-state index in [1.54, 1.807) is 0 Å². The first-order valence-electron chi connectivity index (χ1n) is 10.5. The van der Waals surface area contributed by atoms with E-state index < -0.39 is 0 Å². The minimum atomic E-state index is -0.0259. The lowest BCUT2D eigenvalue weighted by molar-refractivity contribution is -0.116. The molecule has 2 aromatic carbocycles. The number of nitrogens with one attached hydrogen (secondary N) is 2. The number of hydrogen-bond acceptors (Lipinski definition) is 4. The van der Waals surface area contributed by atoms with Crippen molar-refractivity contribution in [1.29, 1.82) is 0 Å². The molecular formula is C24H29Cl3N4O. The number of benzene rings is 2. The molecule has 172 valence electrons. The first-order chi connectivity index (χ1) is 15.2. The number of anilines is 2. The summed E-state index contributed by atoms with van der Waals surface area (Å²) in [5.74, 6) is 1.88. The molecular weight excluding hydrogens is 467 g/mol. The van der Waals surface area contributed by atoms with E-state index in [9.17, 15) is 4.79 Å². The smallest absolute Gasteiger partial charge is 0.225 e. The largest absolute Gasteiger partial charge is 0.370 e. The molecule has 32 heavy (non-hydrogen) atoms. The van der Waals surface area contributed by atoms with E-state index in [4.69, 9.17) is 23.2 Å². The molecule has 0 radical (unpaired) electrons. The van der Waals surface area contributed by atoms with Crippen LogP contribution in [0.25, 0.3) is 21.9 Å². The van der Waals surface area contributed by atoms with Crippen LogP contribution in [0.3, 0.4) is 0 Å². The number of carbonyl (C=O) groups excluding carboxylic acids is 1. The molecule has 0 unspecified atom stereocenters. The number of aromatic nitrogens is 1. The van der Waals surface area contributed by atoms with E-state index in [1.807, 2.05) is 42.6 Å². The number of halogens is 3. The molecule has 0 aliphatic carbocycles. The van der Waals surface area contributed by atoms with E-state index in [1.165, 1.54) is 0 Å². The highest BCUT2D eigenvalue weighted by Crippen LogP contribution is 2.34. The summed E-state index contributed by atoms with van der Waals surface area (Å²) in [4.78, 5) is 19.1. The van der Waals surface area contributed by atoms with Gasteiger partial charge in [0.15, 0.2) is 0 Å².